The van der Waals surface area contributed by atoms with Gasteiger partial charge in [0.25, 0.3) is 0 Å². The third-order valence-corrected chi connectivity index (χ3v) is 3.56. The summed E-state index contributed by atoms with van der Waals surface area (Å²) in [5.41, 5.74) is 1.00. The predicted molar refractivity (Wildman–Crippen MR) is 84.5 cm³/mol. The number of hydrogen-bond donors (Lipinski definition) is 2. The minimum Gasteiger partial charge on any atom is -0.491 e. The van der Waals surface area contributed by atoms with Crippen molar-refractivity contribution in [3.05, 3.63) is 29.8 Å². The van der Waals surface area contributed by atoms with Crippen molar-refractivity contribution < 1.29 is 14.3 Å². The molecule has 1 aliphatic heterocycles. The van der Waals surface area contributed by atoms with Crippen LogP contribution in [0.3, 0.4) is 0 Å². The summed E-state index contributed by atoms with van der Waals surface area (Å²) >= 11 is 0. The summed E-state index contributed by atoms with van der Waals surface area (Å²) in [4.78, 5) is 23.6. The second-order valence-corrected chi connectivity index (χ2v) is 5.89. The predicted octanol–water partition coefficient (Wildman–Crippen LogP) is 2.15. The van der Waals surface area contributed by atoms with Crippen molar-refractivity contribution in [1.29, 1.82) is 0 Å². The number of carbonyl (C=O) groups excluding carboxylic acids is 2. The number of rotatable bonds is 5. The first kappa shape index (κ1) is 16.3. The first-order valence-corrected chi connectivity index (χ1v) is 7.87. The number of hydrogen-bond acceptors (Lipinski definition) is 3. The molecule has 1 heterocycles. The molecule has 5 heteroatoms. The summed E-state index contributed by atoms with van der Waals surface area (Å²) < 4.78 is 5.58. The van der Waals surface area contributed by atoms with Crippen LogP contribution in [0.2, 0.25) is 0 Å². The fourth-order valence-corrected chi connectivity index (χ4v) is 2.44. The molecule has 1 atom stereocenters. The molecule has 2 amide bonds. The van der Waals surface area contributed by atoms with Gasteiger partial charge in [0, 0.05) is 13.0 Å². The molecule has 0 bridgehead atoms. The lowest BCUT2D eigenvalue weighted by Gasteiger charge is -2.16. The van der Waals surface area contributed by atoms with E-state index >= 15 is 0 Å². The highest BCUT2D eigenvalue weighted by atomic mass is 16.5. The molecule has 120 valence electrons. The monoisotopic (exact) mass is 304 g/mol. The van der Waals surface area contributed by atoms with Gasteiger partial charge in [-0.2, -0.15) is 0 Å². The highest BCUT2D eigenvalue weighted by molar-refractivity contribution is 5.87. The molecule has 0 aliphatic carbocycles. The van der Waals surface area contributed by atoms with Gasteiger partial charge in [0.2, 0.25) is 11.8 Å². The van der Waals surface area contributed by atoms with E-state index in [1.54, 1.807) is 0 Å². The zero-order valence-electron chi connectivity index (χ0n) is 13.2. The van der Waals surface area contributed by atoms with Crippen LogP contribution in [0.25, 0.3) is 0 Å². The molecular formula is C17H24N2O3. The highest BCUT2D eigenvalue weighted by Crippen LogP contribution is 2.14. The van der Waals surface area contributed by atoms with Gasteiger partial charge >= 0.3 is 0 Å². The van der Waals surface area contributed by atoms with Crippen molar-refractivity contribution in [2.75, 3.05) is 0 Å². The molecule has 5 nitrogen and oxygen atoms in total. The molecule has 0 saturated carbocycles. The molecule has 0 spiro atoms. The molecular weight excluding hydrogens is 280 g/mol. The van der Waals surface area contributed by atoms with Gasteiger partial charge in [0.15, 0.2) is 0 Å². The zero-order chi connectivity index (χ0) is 15.9. The second-order valence-electron chi connectivity index (χ2n) is 5.89. The van der Waals surface area contributed by atoms with Gasteiger partial charge in [-0.05, 0) is 44.4 Å². The van der Waals surface area contributed by atoms with E-state index in [9.17, 15) is 9.59 Å². The van der Waals surface area contributed by atoms with Crippen LogP contribution in [0.15, 0.2) is 24.3 Å². The molecule has 1 unspecified atom stereocenters. The fraction of sp³-hybridized carbons (Fsp3) is 0.529. The molecule has 2 rings (SSSR count). The highest BCUT2D eigenvalue weighted by Gasteiger charge is 2.22. The van der Waals surface area contributed by atoms with Crippen molar-refractivity contribution in [2.24, 2.45) is 0 Å². The summed E-state index contributed by atoms with van der Waals surface area (Å²) in [6.45, 7) is 4.41. The van der Waals surface area contributed by atoms with Gasteiger partial charge in [-0.25, -0.2) is 0 Å². The van der Waals surface area contributed by atoms with Crippen LogP contribution in [0.1, 0.15) is 45.1 Å². The minimum absolute atomic E-state index is 0.0344. The van der Waals surface area contributed by atoms with E-state index in [-0.39, 0.29) is 17.9 Å². The average Bonchev–Trinajstić information content (AvgIpc) is 2.70. The molecule has 0 radical (unpaired) electrons. The Morgan fingerprint density at radius 1 is 1.32 bits per heavy atom. The third-order valence-electron chi connectivity index (χ3n) is 3.56. The lowest BCUT2D eigenvalue weighted by atomic mass is 10.1. The fourth-order valence-electron chi connectivity index (χ4n) is 2.44. The number of amides is 2. The number of nitrogens with one attached hydrogen (secondary N) is 2. The van der Waals surface area contributed by atoms with Crippen LogP contribution in [0.4, 0.5) is 0 Å². The van der Waals surface area contributed by atoms with Gasteiger partial charge in [-0.3, -0.25) is 9.59 Å². The maximum absolute atomic E-state index is 12.1. The van der Waals surface area contributed by atoms with Gasteiger partial charge in [-0.15, -0.1) is 0 Å². The van der Waals surface area contributed by atoms with Crippen molar-refractivity contribution in [1.82, 2.24) is 10.6 Å². The summed E-state index contributed by atoms with van der Waals surface area (Å²) in [7, 11) is 0. The van der Waals surface area contributed by atoms with Crippen LogP contribution in [-0.4, -0.2) is 24.0 Å². The average molecular weight is 304 g/mol. The lowest BCUT2D eigenvalue weighted by molar-refractivity contribution is -0.128. The van der Waals surface area contributed by atoms with E-state index in [4.69, 9.17) is 4.74 Å². The van der Waals surface area contributed by atoms with E-state index in [0.717, 1.165) is 24.2 Å². The summed E-state index contributed by atoms with van der Waals surface area (Å²) in [5.74, 6) is 0.673. The van der Waals surface area contributed by atoms with Crippen molar-refractivity contribution in [2.45, 2.75) is 58.2 Å². The maximum atomic E-state index is 12.1. The quantitative estimate of drug-likeness (QED) is 0.876. The first-order valence-electron chi connectivity index (χ1n) is 7.87. The topological polar surface area (TPSA) is 67.4 Å². The third kappa shape index (κ3) is 5.06. The molecule has 1 fully saturated rings. The second kappa shape index (κ2) is 7.82. The van der Waals surface area contributed by atoms with Crippen molar-refractivity contribution >= 4 is 11.8 Å². The standard InChI is InChI=1S/C17H24N2O3/c1-12(2)22-14-9-7-13(8-10-14)11-18-17(21)15-5-3-4-6-16(20)19-15/h7-10,12,15H,3-6,11H2,1-2H3,(H,18,21)(H,19,20). The van der Waals surface area contributed by atoms with Crippen molar-refractivity contribution in [3.8, 4) is 5.75 Å². The van der Waals surface area contributed by atoms with E-state index in [1.807, 2.05) is 38.1 Å². The van der Waals surface area contributed by atoms with Gasteiger partial charge in [0.05, 0.1) is 6.10 Å². The Kier molecular flexibility index (Phi) is 5.81. The summed E-state index contributed by atoms with van der Waals surface area (Å²) in [6, 6.07) is 7.26. The minimum atomic E-state index is -0.404. The van der Waals surface area contributed by atoms with Gasteiger partial charge in [0.1, 0.15) is 11.8 Å². The van der Waals surface area contributed by atoms with Gasteiger partial charge in [-0.1, -0.05) is 18.6 Å². The van der Waals surface area contributed by atoms with Crippen LogP contribution < -0.4 is 15.4 Å². The molecule has 22 heavy (non-hydrogen) atoms. The van der Waals surface area contributed by atoms with Gasteiger partial charge < -0.3 is 15.4 Å². The Morgan fingerprint density at radius 2 is 2.05 bits per heavy atom. The van der Waals surface area contributed by atoms with E-state index in [0.29, 0.717) is 19.4 Å². The zero-order valence-corrected chi connectivity index (χ0v) is 13.2. The van der Waals surface area contributed by atoms with E-state index in [2.05, 4.69) is 10.6 Å². The van der Waals surface area contributed by atoms with Crippen molar-refractivity contribution in [3.63, 3.8) is 0 Å². The summed E-state index contributed by atoms with van der Waals surface area (Å²) in [5, 5.41) is 5.66. The Labute approximate surface area is 131 Å². The lowest BCUT2D eigenvalue weighted by Crippen LogP contribution is -2.45. The van der Waals surface area contributed by atoms with E-state index in [1.165, 1.54) is 0 Å². The molecule has 1 aromatic carbocycles. The largest absolute Gasteiger partial charge is 0.491 e. The Balaban J connectivity index is 1.83. The number of benzene rings is 1. The smallest absolute Gasteiger partial charge is 0.242 e. The maximum Gasteiger partial charge on any atom is 0.242 e. The van der Waals surface area contributed by atoms with Crippen LogP contribution in [-0.2, 0) is 16.1 Å². The van der Waals surface area contributed by atoms with Crippen LogP contribution in [0.5, 0.6) is 5.75 Å². The number of carbonyl (C=O) groups is 2. The Bertz CT molecular complexity index is 511. The molecule has 0 aromatic heterocycles. The molecule has 1 aliphatic rings. The molecule has 1 saturated heterocycles. The van der Waals surface area contributed by atoms with Crippen LogP contribution in [0, 0.1) is 0 Å². The molecule has 1 aromatic rings. The van der Waals surface area contributed by atoms with Crippen LogP contribution >= 0.6 is 0 Å². The first-order chi connectivity index (χ1) is 10.5. The Hall–Kier alpha value is -2.04. The summed E-state index contributed by atoms with van der Waals surface area (Å²) in [6.07, 6.45) is 3.12. The Morgan fingerprint density at radius 3 is 2.73 bits per heavy atom. The number of ether oxygens (including phenoxy) is 1. The molecule has 2 N–H and O–H groups in total. The normalized spacial score (nSPS) is 18.5. The van der Waals surface area contributed by atoms with E-state index < -0.39 is 6.04 Å². The SMILES string of the molecule is CC(C)Oc1ccc(CNC(=O)C2CCCCC(=O)N2)cc1.